The van der Waals surface area contributed by atoms with Crippen LogP contribution in [-0.4, -0.2) is 18.9 Å². The highest BCUT2D eigenvalue weighted by atomic mass is 35.5. The molecule has 2 amide bonds. The van der Waals surface area contributed by atoms with E-state index in [1.807, 2.05) is 6.07 Å². The van der Waals surface area contributed by atoms with Crippen LogP contribution in [0.1, 0.15) is 21.5 Å². The maximum absolute atomic E-state index is 12.7. The summed E-state index contributed by atoms with van der Waals surface area (Å²) in [5, 5.41) is 15.8. The SMILES string of the molecule is COc1cc(Cl)c(C)cc1NC(=O)/C(C#N)=C/c1cccc(NC(=O)c2ccccc2Cl)c1. The lowest BCUT2D eigenvalue weighted by atomic mass is 10.1. The van der Waals surface area contributed by atoms with Crippen molar-refractivity contribution < 1.29 is 14.3 Å². The first-order chi connectivity index (χ1) is 15.8. The molecule has 8 heteroatoms. The van der Waals surface area contributed by atoms with Crippen LogP contribution in [0.5, 0.6) is 5.75 Å². The standard InChI is InChI=1S/C25H19Cl2N3O3/c1-15-10-22(23(33-2)13-21(15)27)30-24(31)17(14-28)11-16-6-5-7-18(12-16)29-25(32)19-8-3-4-9-20(19)26/h3-13H,1-2H3,(H,29,32)(H,30,31)/b17-11+. The predicted octanol–water partition coefficient (Wildman–Crippen LogP) is 6.11. The van der Waals surface area contributed by atoms with E-state index in [0.717, 1.165) is 5.56 Å². The van der Waals surface area contributed by atoms with E-state index in [-0.39, 0.29) is 11.5 Å². The Morgan fingerprint density at radius 2 is 1.76 bits per heavy atom. The van der Waals surface area contributed by atoms with Crippen LogP contribution < -0.4 is 15.4 Å². The number of halogens is 2. The lowest BCUT2D eigenvalue weighted by Gasteiger charge is -2.12. The van der Waals surface area contributed by atoms with Gasteiger partial charge in [0.2, 0.25) is 0 Å². The Hall–Kier alpha value is -3.79. The highest BCUT2D eigenvalue weighted by molar-refractivity contribution is 6.34. The van der Waals surface area contributed by atoms with Gasteiger partial charge in [-0.15, -0.1) is 0 Å². The molecule has 0 saturated heterocycles. The van der Waals surface area contributed by atoms with E-state index >= 15 is 0 Å². The van der Waals surface area contributed by atoms with Crippen LogP contribution in [0.15, 0.2) is 66.2 Å². The second kappa shape index (κ2) is 10.7. The van der Waals surface area contributed by atoms with Crippen molar-refractivity contribution in [2.45, 2.75) is 6.92 Å². The summed E-state index contributed by atoms with van der Waals surface area (Å²) in [7, 11) is 1.46. The Balaban J connectivity index is 1.81. The Morgan fingerprint density at radius 1 is 1.00 bits per heavy atom. The number of hydrogen-bond acceptors (Lipinski definition) is 4. The van der Waals surface area contributed by atoms with Gasteiger partial charge < -0.3 is 15.4 Å². The average Bonchev–Trinajstić information content (AvgIpc) is 2.80. The third-order valence-electron chi connectivity index (χ3n) is 4.67. The number of nitrogens with one attached hydrogen (secondary N) is 2. The van der Waals surface area contributed by atoms with E-state index in [9.17, 15) is 14.9 Å². The van der Waals surface area contributed by atoms with E-state index in [2.05, 4.69) is 10.6 Å². The molecule has 0 aliphatic carbocycles. The number of aryl methyl sites for hydroxylation is 1. The third-order valence-corrected chi connectivity index (χ3v) is 5.40. The molecule has 0 unspecified atom stereocenters. The highest BCUT2D eigenvalue weighted by Gasteiger charge is 2.15. The van der Waals surface area contributed by atoms with Crippen molar-refractivity contribution >= 4 is 52.5 Å². The fourth-order valence-corrected chi connectivity index (χ4v) is 3.36. The maximum Gasteiger partial charge on any atom is 0.266 e. The fourth-order valence-electron chi connectivity index (χ4n) is 2.98. The quantitative estimate of drug-likeness (QED) is 0.329. The zero-order valence-electron chi connectivity index (χ0n) is 17.8. The van der Waals surface area contributed by atoms with Crippen LogP contribution in [0.2, 0.25) is 10.0 Å². The molecule has 0 saturated carbocycles. The summed E-state index contributed by atoms with van der Waals surface area (Å²) in [6.45, 7) is 1.79. The fraction of sp³-hybridized carbons (Fsp3) is 0.0800. The Morgan fingerprint density at radius 3 is 2.45 bits per heavy atom. The normalized spacial score (nSPS) is 10.8. The molecular formula is C25H19Cl2N3O3. The lowest BCUT2D eigenvalue weighted by Crippen LogP contribution is -2.14. The summed E-state index contributed by atoms with van der Waals surface area (Å²) in [4.78, 5) is 25.2. The average molecular weight is 480 g/mol. The minimum Gasteiger partial charge on any atom is -0.495 e. The predicted molar refractivity (Wildman–Crippen MR) is 131 cm³/mol. The number of ether oxygens (including phenoxy) is 1. The van der Waals surface area contributed by atoms with E-state index in [0.29, 0.717) is 38.3 Å². The number of hydrogen-bond donors (Lipinski definition) is 2. The van der Waals surface area contributed by atoms with Crippen LogP contribution in [-0.2, 0) is 4.79 Å². The molecule has 3 aromatic carbocycles. The van der Waals surface area contributed by atoms with E-state index in [1.165, 1.54) is 13.2 Å². The molecule has 0 radical (unpaired) electrons. The van der Waals surface area contributed by atoms with Gasteiger partial charge in [0.05, 0.1) is 23.4 Å². The number of nitriles is 1. The molecule has 6 nitrogen and oxygen atoms in total. The number of amides is 2. The van der Waals surface area contributed by atoms with Crippen molar-refractivity contribution in [3.8, 4) is 11.8 Å². The third kappa shape index (κ3) is 5.92. The van der Waals surface area contributed by atoms with Gasteiger partial charge in [-0.25, -0.2) is 0 Å². The first-order valence-corrected chi connectivity index (χ1v) is 10.5. The van der Waals surface area contributed by atoms with Crippen molar-refractivity contribution in [3.63, 3.8) is 0 Å². The zero-order valence-corrected chi connectivity index (χ0v) is 19.3. The molecule has 3 aromatic rings. The van der Waals surface area contributed by atoms with Gasteiger partial charge in [-0.2, -0.15) is 5.26 Å². The van der Waals surface area contributed by atoms with Crippen LogP contribution >= 0.6 is 23.2 Å². The lowest BCUT2D eigenvalue weighted by molar-refractivity contribution is -0.112. The Kier molecular flexibility index (Phi) is 7.73. The van der Waals surface area contributed by atoms with E-state index in [4.69, 9.17) is 27.9 Å². The van der Waals surface area contributed by atoms with Crippen LogP contribution in [0, 0.1) is 18.3 Å². The van der Waals surface area contributed by atoms with Gasteiger partial charge in [-0.3, -0.25) is 9.59 Å². The summed E-state index contributed by atoms with van der Waals surface area (Å²) in [5.74, 6) is -0.603. The Bertz CT molecular complexity index is 1300. The van der Waals surface area contributed by atoms with Gasteiger partial charge in [0.15, 0.2) is 0 Å². The summed E-state index contributed by atoms with van der Waals surface area (Å²) in [5.41, 5.74) is 2.39. The maximum atomic E-state index is 12.7. The van der Waals surface area contributed by atoms with E-state index in [1.54, 1.807) is 67.6 Å². The first kappa shape index (κ1) is 23.9. The summed E-state index contributed by atoms with van der Waals surface area (Å²) in [6, 6.07) is 18.6. The molecule has 0 aliphatic heterocycles. The second-order valence-corrected chi connectivity index (χ2v) is 7.80. The summed E-state index contributed by atoms with van der Waals surface area (Å²) < 4.78 is 5.26. The number of carbonyl (C=O) groups excluding carboxylic acids is 2. The Labute approximate surface area is 201 Å². The number of nitrogens with zero attached hydrogens (tertiary/aromatic N) is 1. The molecule has 0 aromatic heterocycles. The van der Waals surface area contributed by atoms with Crippen molar-refractivity contribution in [2.24, 2.45) is 0 Å². The smallest absolute Gasteiger partial charge is 0.266 e. The molecule has 0 aliphatic rings. The molecular weight excluding hydrogens is 461 g/mol. The van der Waals surface area contributed by atoms with Crippen molar-refractivity contribution in [1.29, 1.82) is 5.26 Å². The first-order valence-electron chi connectivity index (χ1n) is 9.75. The molecule has 2 N–H and O–H groups in total. The van der Waals surface area contributed by atoms with Crippen molar-refractivity contribution in [1.82, 2.24) is 0 Å². The van der Waals surface area contributed by atoms with Gasteiger partial charge in [-0.1, -0.05) is 47.5 Å². The topological polar surface area (TPSA) is 91.2 Å². The van der Waals surface area contributed by atoms with Gasteiger partial charge in [0, 0.05) is 16.8 Å². The van der Waals surface area contributed by atoms with Gasteiger partial charge in [-0.05, 0) is 54.5 Å². The van der Waals surface area contributed by atoms with Gasteiger partial charge in [0.25, 0.3) is 11.8 Å². The summed E-state index contributed by atoms with van der Waals surface area (Å²) >= 11 is 12.2. The van der Waals surface area contributed by atoms with Gasteiger partial charge in [0.1, 0.15) is 17.4 Å². The number of benzene rings is 3. The molecule has 0 spiro atoms. The number of carbonyl (C=O) groups is 2. The molecule has 33 heavy (non-hydrogen) atoms. The number of rotatable bonds is 6. The molecule has 3 rings (SSSR count). The molecule has 0 atom stereocenters. The number of anilines is 2. The van der Waals surface area contributed by atoms with Gasteiger partial charge >= 0.3 is 0 Å². The largest absolute Gasteiger partial charge is 0.495 e. The number of methoxy groups -OCH3 is 1. The molecule has 166 valence electrons. The van der Waals surface area contributed by atoms with Crippen LogP contribution in [0.4, 0.5) is 11.4 Å². The second-order valence-electron chi connectivity index (χ2n) is 6.99. The molecule has 0 fully saturated rings. The van der Waals surface area contributed by atoms with Crippen LogP contribution in [0.25, 0.3) is 6.08 Å². The summed E-state index contributed by atoms with van der Waals surface area (Å²) in [6.07, 6.45) is 1.43. The van der Waals surface area contributed by atoms with E-state index < -0.39 is 5.91 Å². The molecule has 0 heterocycles. The minimum atomic E-state index is -0.608. The monoisotopic (exact) mass is 479 g/mol. The molecule has 0 bridgehead atoms. The zero-order chi connectivity index (χ0) is 24.0. The van der Waals surface area contributed by atoms with Crippen LogP contribution in [0.3, 0.4) is 0 Å². The minimum absolute atomic E-state index is 0.126. The van der Waals surface area contributed by atoms with Crippen molar-refractivity contribution in [2.75, 3.05) is 17.7 Å². The van der Waals surface area contributed by atoms with Crippen molar-refractivity contribution in [3.05, 3.63) is 93.0 Å². The highest BCUT2D eigenvalue weighted by Crippen LogP contribution is 2.31.